The highest BCUT2D eigenvalue weighted by atomic mass is 32.2. The number of carbonyl (C=O) groups is 1. The minimum atomic E-state index is -0.416. The molecule has 0 spiro atoms. The van der Waals surface area contributed by atoms with Gasteiger partial charge in [0, 0.05) is 29.9 Å². The van der Waals surface area contributed by atoms with Gasteiger partial charge in [-0.3, -0.25) is 4.79 Å². The van der Waals surface area contributed by atoms with E-state index >= 15 is 0 Å². The maximum Gasteiger partial charge on any atom is 0.200 e. The molecule has 0 fully saturated rings. The molecule has 7 nitrogen and oxygen atoms in total. The number of aromatic hydroxyl groups is 1. The van der Waals surface area contributed by atoms with Crippen LogP contribution in [0.1, 0.15) is 42.0 Å². The van der Waals surface area contributed by atoms with Gasteiger partial charge in [0.1, 0.15) is 5.82 Å². The smallest absolute Gasteiger partial charge is 0.200 e. The summed E-state index contributed by atoms with van der Waals surface area (Å²) < 4.78 is 10.7. The summed E-state index contributed by atoms with van der Waals surface area (Å²) in [5.74, 6) is 0.553. The number of nitrogen functional groups attached to an aromatic ring is 1. The van der Waals surface area contributed by atoms with Crippen LogP contribution in [0.4, 0.5) is 5.82 Å². The Balaban J connectivity index is 2.00. The van der Waals surface area contributed by atoms with Crippen LogP contribution in [0.5, 0.6) is 17.2 Å². The molecule has 0 bridgehead atoms. The molecule has 8 heteroatoms. The first-order chi connectivity index (χ1) is 14.0. The Kier molecular flexibility index (Phi) is 5.12. The summed E-state index contributed by atoms with van der Waals surface area (Å²) in [6.45, 7) is 0. The van der Waals surface area contributed by atoms with Crippen LogP contribution < -0.4 is 15.2 Å². The molecule has 1 aromatic carbocycles. The maximum absolute atomic E-state index is 13.0. The molecular formula is C21H23N3O4S. The lowest BCUT2D eigenvalue weighted by Crippen LogP contribution is -2.27. The number of anilines is 1. The number of ether oxygens (including phenoxy) is 2. The van der Waals surface area contributed by atoms with Gasteiger partial charge in [0.25, 0.3) is 0 Å². The van der Waals surface area contributed by atoms with Gasteiger partial charge in [0.15, 0.2) is 22.4 Å². The molecule has 0 radical (unpaired) electrons. The summed E-state index contributed by atoms with van der Waals surface area (Å²) >= 11 is 1.44. The number of nitrogens with two attached hydrogens (primary N) is 1. The van der Waals surface area contributed by atoms with E-state index in [4.69, 9.17) is 20.2 Å². The van der Waals surface area contributed by atoms with Crippen LogP contribution in [0.25, 0.3) is 0 Å². The highest BCUT2D eigenvalue weighted by Gasteiger charge is 2.38. The number of ketones is 1. The lowest BCUT2D eigenvalue weighted by atomic mass is 9.71. The minimum Gasteiger partial charge on any atom is -0.502 e. The fourth-order valence-corrected chi connectivity index (χ4v) is 4.68. The third-order valence-corrected chi connectivity index (χ3v) is 6.12. The Bertz CT molecular complexity index is 1010. The van der Waals surface area contributed by atoms with Crippen LogP contribution in [-0.2, 0) is 11.2 Å². The predicted octanol–water partition coefficient (Wildman–Crippen LogP) is 3.24. The first-order valence-corrected chi connectivity index (χ1v) is 10.6. The van der Waals surface area contributed by atoms with Crippen LogP contribution >= 0.6 is 11.8 Å². The standard InChI is InChI=1S/C21H23N3O4S/c1-27-14-8-11(9-15(28-2)19(14)26)17-16-10(5-4-6-13(16)25)7-12-18(17)20(22)24-21(23-12)29-3/h8-9,17,26H,4-7H2,1-3H3,(H2,22,23,24). The number of carbonyl (C=O) groups excluding carboxylic acids is 1. The lowest BCUT2D eigenvalue weighted by molar-refractivity contribution is -0.116. The molecule has 0 saturated heterocycles. The lowest BCUT2D eigenvalue weighted by Gasteiger charge is -2.33. The van der Waals surface area contributed by atoms with Crippen molar-refractivity contribution in [3.63, 3.8) is 0 Å². The molecule has 1 aromatic heterocycles. The average molecular weight is 413 g/mol. The second-order valence-electron chi connectivity index (χ2n) is 7.13. The van der Waals surface area contributed by atoms with Gasteiger partial charge in [0.2, 0.25) is 5.75 Å². The van der Waals surface area contributed by atoms with Crippen LogP contribution in [0, 0.1) is 0 Å². The number of phenols is 1. The van der Waals surface area contributed by atoms with E-state index in [1.54, 1.807) is 12.1 Å². The van der Waals surface area contributed by atoms with Gasteiger partial charge < -0.3 is 20.3 Å². The Morgan fingerprint density at radius 3 is 2.48 bits per heavy atom. The van der Waals surface area contributed by atoms with E-state index in [1.165, 1.54) is 26.0 Å². The molecule has 4 rings (SSSR count). The van der Waals surface area contributed by atoms with E-state index in [0.717, 1.165) is 40.8 Å². The molecule has 0 aliphatic heterocycles. The first-order valence-electron chi connectivity index (χ1n) is 9.38. The quantitative estimate of drug-likeness (QED) is 0.581. The molecule has 1 heterocycles. The van der Waals surface area contributed by atoms with E-state index in [2.05, 4.69) is 4.98 Å². The zero-order valence-electron chi connectivity index (χ0n) is 16.6. The summed E-state index contributed by atoms with van der Waals surface area (Å²) in [7, 11) is 2.96. The number of phenolic OH excluding ortho intramolecular Hbond substituents is 1. The SMILES string of the molecule is COc1cc(C2C3=C(CCCC3=O)Cc3nc(SC)nc(N)c32)cc(OC)c1O. The number of aromatic nitrogens is 2. The number of Topliss-reactive ketones (excluding diaryl/α,β-unsaturated/α-hetero) is 1. The van der Waals surface area contributed by atoms with E-state index in [-0.39, 0.29) is 23.0 Å². The number of hydrogen-bond donors (Lipinski definition) is 2. The number of thioether (sulfide) groups is 1. The van der Waals surface area contributed by atoms with Crippen molar-refractivity contribution in [2.45, 2.75) is 36.8 Å². The van der Waals surface area contributed by atoms with Gasteiger partial charge >= 0.3 is 0 Å². The zero-order chi connectivity index (χ0) is 20.7. The second-order valence-corrected chi connectivity index (χ2v) is 7.91. The Labute approximate surface area is 173 Å². The molecule has 152 valence electrons. The van der Waals surface area contributed by atoms with Crippen molar-refractivity contribution in [1.82, 2.24) is 9.97 Å². The van der Waals surface area contributed by atoms with E-state index in [0.29, 0.717) is 23.8 Å². The van der Waals surface area contributed by atoms with Gasteiger partial charge in [-0.05, 0) is 36.8 Å². The van der Waals surface area contributed by atoms with Crippen LogP contribution in [-0.4, -0.2) is 41.3 Å². The van der Waals surface area contributed by atoms with Crippen molar-refractivity contribution in [3.05, 3.63) is 40.1 Å². The number of allylic oxidation sites excluding steroid dienone is 2. The van der Waals surface area contributed by atoms with Gasteiger partial charge in [-0.1, -0.05) is 17.3 Å². The molecule has 2 aromatic rings. The van der Waals surface area contributed by atoms with Crippen molar-refractivity contribution in [2.75, 3.05) is 26.2 Å². The van der Waals surface area contributed by atoms with Crippen molar-refractivity contribution < 1.29 is 19.4 Å². The Hall–Kier alpha value is -2.74. The number of fused-ring (bicyclic) bond motifs is 1. The third kappa shape index (κ3) is 3.21. The Morgan fingerprint density at radius 2 is 1.86 bits per heavy atom. The molecule has 1 atom stereocenters. The minimum absolute atomic E-state index is 0.0825. The summed E-state index contributed by atoms with van der Waals surface area (Å²) in [6.07, 6.45) is 4.74. The highest BCUT2D eigenvalue weighted by Crippen LogP contribution is 2.49. The van der Waals surface area contributed by atoms with Gasteiger partial charge in [-0.15, -0.1) is 0 Å². The number of methoxy groups -OCH3 is 2. The summed E-state index contributed by atoms with van der Waals surface area (Å²) in [5.41, 5.74) is 10.6. The number of benzene rings is 1. The summed E-state index contributed by atoms with van der Waals surface area (Å²) in [4.78, 5) is 22.1. The van der Waals surface area contributed by atoms with Crippen molar-refractivity contribution in [1.29, 1.82) is 0 Å². The van der Waals surface area contributed by atoms with E-state index < -0.39 is 5.92 Å². The molecular weight excluding hydrogens is 390 g/mol. The number of hydrogen-bond acceptors (Lipinski definition) is 8. The van der Waals surface area contributed by atoms with E-state index in [1.807, 2.05) is 6.26 Å². The largest absolute Gasteiger partial charge is 0.502 e. The molecule has 2 aliphatic carbocycles. The third-order valence-electron chi connectivity index (χ3n) is 5.57. The summed E-state index contributed by atoms with van der Waals surface area (Å²) in [5, 5.41) is 11.0. The molecule has 1 unspecified atom stereocenters. The van der Waals surface area contributed by atoms with Crippen LogP contribution in [0.2, 0.25) is 0 Å². The van der Waals surface area contributed by atoms with Crippen molar-refractivity contribution >= 4 is 23.4 Å². The zero-order valence-corrected chi connectivity index (χ0v) is 17.4. The topological polar surface area (TPSA) is 108 Å². The van der Waals surface area contributed by atoms with Crippen molar-refractivity contribution in [2.24, 2.45) is 0 Å². The second kappa shape index (κ2) is 7.59. The Morgan fingerprint density at radius 1 is 1.17 bits per heavy atom. The molecule has 3 N–H and O–H groups in total. The van der Waals surface area contributed by atoms with Crippen LogP contribution in [0.15, 0.2) is 28.4 Å². The normalized spacial score (nSPS) is 18.3. The molecule has 2 aliphatic rings. The van der Waals surface area contributed by atoms with Gasteiger partial charge in [-0.2, -0.15) is 0 Å². The maximum atomic E-state index is 13.0. The first kappa shape index (κ1) is 19.6. The molecule has 0 saturated carbocycles. The van der Waals surface area contributed by atoms with Gasteiger partial charge in [0.05, 0.1) is 19.9 Å². The molecule has 0 amide bonds. The predicted molar refractivity (Wildman–Crippen MR) is 111 cm³/mol. The van der Waals surface area contributed by atoms with Crippen LogP contribution in [0.3, 0.4) is 0 Å². The van der Waals surface area contributed by atoms with Gasteiger partial charge in [-0.25, -0.2) is 9.97 Å². The monoisotopic (exact) mass is 413 g/mol. The highest BCUT2D eigenvalue weighted by molar-refractivity contribution is 7.98. The fourth-order valence-electron chi connectivity index (χ4n) is 4.29. The van der Waals surface area contributed by atoms with Crippen molar-refractivity contribution in [3.8, 4) is 17.2 Å². The summed E-state index contributed by atoms with van der Waals surface area (Å²) in [6, 6.07) is 3.46. The average Bonchev–Trinajstić information content (AvgIpc) is 2.72. The number of rotatable bonds is 4. The fraction of sp³-hybridized carbons (Fsp3) is 0.381. The van der Waals surface area contributed by atoms with E-state index in [9.17, 15) is 9.90 Å². The molecule has 29 heavy (non-hydrogen) atoms. The number of nitrogens with zero attached hydrogens (tertiary/aromatic N) is 2.